The first-order chi connectivity index (χ1) is 20.2. The number of carbonyl (C=O) groups is 6. The van der Waals surface area contributed by atoms with Crippen LogP contribution in [0, 0.1) is 11.4 Å². The maximum Gasteiger partial charge on any atom is 0.347 e. The first-order valence-corrected chi connectivity index (χ1v) is 13.4. The first-order valence-electron chi connectivity index (χ1n) is 13.4. The SMILES string of the molecule is CC(=O)N[C@@H](CC(=O)O)C(=O)N([C@H](C(=O)O)C(C)C)N1C(=O)N(Cc2ccccc2)[C@](C)(c2ccc(CN=N)cc2)C1=O. The molecule has 5 amide bonds. The van der Waals surface area contributed by atoms with Crippen LogP contribution in [-0.2, 0) is 42.6 Å². The van der Waals surface area contributed by atoms with E-state index < -0.39 is 65.7 Å². The van der Waals surface area contributed by atoms with E-state index >= 15 is 0 Å². The van der Waals surface area contributed by atoms with E-state index in [4.69, 9.17) is 5.53 Å². The number of benzene rings is 2. The van der Waals surface area contributed by atoms with E-state index in [0.29, 0.717) is 26.7 Å². The Morgan fingerprint density at radius 2 is 1.60 bits per heavy atom. The van der Waals surface area contributed by atoms with Crippen LogP contribution in [0.15, 0.2) is 59.7 Å². The molecule has 3 rings (SSSR count). The smallest absolute Gasteiger partial charge is 0.347 e. The van der Waals surface area contributed by atoms with Crippen molar-refractivity contribution in [3.05, 3.63) is 71.3 Å². The number of aliphatic carboxylic acids is 2. The third-order valence-corrected chi connectivity index (χ3v) is 7.17. The summed E-state index contributed by atoms with van der Waals surface area (Å²) < 4.78 is 0. The van der Waals surface area contributed by atoms with E-state index in [0.717, 1.165) is 6.92 Å². The van der Waals surface area contributed by atoms with Crippen molar-refractivity contribution in [2.24, 2.45) is 11.0 Å². The van der Waals surface area contributed by atoms with Crippen LogP contribution >= 0.6 is 0 Å². The quantitative estimate of drug-likeness (QED) is 0.200. The number of hydrazine groups is 1. The Bertz CT molecular complexity index is 1400. The molecule has 43 heavy (non-hydrogen) atoms. The van der Waals surface area contributed by atoms with E-state index in [1.165, 1.54) is 25.7 Å². The first kappa shape index (κ1) is 32.4. The Balaban J connectivity index is 2.25. The molecular weight excluding hydrogens is 560 g/mol. The number of nitrogens with one attached hydrogen (secondary N) is 2. The van der Waals surface area contributed by atoms with Gasteiger partial charge in [0.15, 0.2) is 6.04 Å². The monoisotopic (exact) mass is 594 g/mol. The standard InChI is InChI=1S/C29H34N6O8/c1-17(2)24(26(40)41)34(25(39)22(14-23(37)38)32-18(3)36)35-27(42)29(4,21-12-10-19(11-13-21)15-31-30)33(28(35)43)16-20-8-6-5-7-9-20/h5-13,17,22,24,30H,14-16H2,1-4H3,(H,32,36)(H,37,38)(H,40,41)/t22-,24-,29+/m0/s1. The van der Waals surface area contributed by atoms with Crippen molar-refractivity contribution in [3.63, 3.8) is 0 Å². The molecular formula is C29H34N6O8. The van der Waals surface area contributed by atoms with Crippen LogP contribution in [0.25, 0.3) is 0 Å². The van der Waals surface area contributed by atoms with Crippen molar-refractivity contribution in [3.8, 4) is 0 Å². The highest BCUT2D eigenvalue weighted by Gasteiger charge is 2.60. The zero-order chi connectivity index (χ0) is 32.1. The highest BCUT2D eigenvalue weighted by molar-refractivity contribution is 6.09. The second-order valence-electron chi connectivity index (χ2n) is 10.6. The average molecular weight is 595 g/mol. The summed E-state index contributed by atoms with van der Waals surface area (Å²) in [6.07, 6.45) is -0.927. The summed E-state index contributed by atoms with van der Waals surface area (Å²) in [5.74, 6) is -6.86. The molecule has 228 valence electrons. The fraction of sp³-hybridized carbons (Fsp3) is 0.379. The molecule has 4 N–H and O–H groups in total. The van der Waals surface area contributed by atoms with E-state index in [9.17, 15) is 39.0 Å². The van der Waals surface area contributed by atoms with Crippen LogP contribution in [0.1, 0.15) is 50.8 Å². The molecule has 3 atom stereocenters. The molecule has 0 unspecified atom stereocenters. The maximum absolute atomic E-state index is 14.4. The molecule has 0 aromatic heterocycles. The van der Waals surface area contributed by atoms with Crippen LogP contribution in [0.4, 0.5) is 4.79 Å². The number of rotatable bonds is 13. The zero-order valence-electron chi connectivity index (χ0n) is 24.2. The van der Waals surface area contributed by atoms with Crippen molar-refractivity contribution in [1.82, 2.24) is 20.2 Å². The van der Waals surface area contributed by atoms with Gasteiger partial charge in [0.25, 0.3) is 11.8 Å². The largest absolute Gasteiger partial charge is 0.481 e. The van der Waals surface area contributed by atoms with Crippen LogP contribution in [0.3, 0.4) is 0 Å². The second kappa shape index (κ2) is 13.2. The summed E-state index contributed by atoms with van der Waals surface area (Å²) in [5.41, 5.74) is 7.01. The summed E-state index contributed by atoms with van der Waals surface area (Å²) in [7, 11) is 0. The highest BCUT2D eigenvalue weighted by Crippen LogP contribution is 2.40. The van der Waals surface area contributed by atoms with E-state index in [1.807, 2.05) is 0 Å². The van der Waals surface area contributed by atoms with Crippen LogP contribution < -0.4 is 5.32 Å². The minimum atomic E-state index is -1.78. The van der Waals surface area contributed by atoms with Gasteiger partial charge in [0.05, 0.1) is 13.0 Å². The van der Waals surface area contributed by atoms with E-state index in [1.54, 1.807) is 54.6 Å². The molecule has 1 saturated heterocycles. The van der Waals surface area contributed by atoms with Crippen molar-refractivity contribution < 1.29 is 39.0 Å². The summed E-state index contributed by atoms with van der Waals surface area (Å²) in [5, 5.41) is 26.1. The van der Waals surface area contributed by atoms with Gasteiger partial charge in [-0.15, -0.1) is 0 Å². The van der Waals surface area contributed by atoms with Gasteiger partial charge in [-0.2, -0.15) is 10.1 Å². The Hall–Kier alpha value is -5.14. The van der Waals surface area contributed by atoms with Gasteiger partial charge in [0, 0.05) is 13.5 Å². The van der Waals surface area contributed by atoms with Gasteiger partial charge in [0.1, 0.15) is 11.6 Å². The molecule has 14 heteroatoms. The lowest BCUT2D eigenvalue weighted by Crippen LogP contribution is -2.63. The van der Waals surface area contributed by atoms with Gasteiger partial charge in [-0.1, -0.05) is 68.4 Å². The summed E-state index contributed by atoms with van der Waals surface area (Å²) in [6.45, 7) is 5.43. The van der Waals surface area contributed by atoms with E-state index in [-0.39, 0.29) is 13.1 Å². The van der Waals surface area contributed by atoms with Crippen LogP contribution in [-0.4, -0.2) is 72.9 Å². The predicted molar refractivity (Wildman–Crippen MR) is 150 cm³/mol. The lowest BCUT2D eigenvalue weighted by molar-refractivity contribution is -0.173. The molecule has 2 aromatic carbocycles. The summed E-state index contributed by atoms with van der Waals surface area (Å²) in [4.78, 5) is 79.9. The zero-order valence-corrected chi connectivity index (χ0v) is 24.2. The van der Waals surface area contributed by atoms with E-state index in [2.05, 4.69) is 10.4 Å². The molecule has 1 heterocycles. The van der Waals surface area contributed by atoms with Crippen molar-refractivity contribution in [2.75, 3.05) is 0 Å². The van der Waals surface area contributed by atoms with Gasteiger partial charge < -0.3 is 15.5 Å². The van der Waals surface area contributed by atoms with Gasteiger partial charge in [-0.05, 0) is 29.5 Å². The minimum absolute atomic E-state index is 0.0921. The number of carboxylic acid groups (broad SMARTS) is 2. The average Bonchev–Trinajstić information content (AvgIpc) is 3.12. The Labute approximate surface area is 247 Å². The minimum Gasteiger partial charge on any atom is -0.481 e. The lowest BCUT2D eigenvalue weighted by atomic mass is 9.89. The normalized spacial score (nSPS) is 17.9. The van der Waals surface area contributed by atoms with Gasteiger partial charge in [0.2, 0.25) is 5.91 Å². The maximum atomic E-state index is 14.4. The number of amides is 5. The molecule has 0 bridgehead atoms. The van der Waals surface area contributed by atoms with Crippen LogP contribution in [0.2, 0.25) is 0 Å². The molecule has 1 aliphatic rings. The molecule has 0 spiro atoms. The van der Waals surface area contributed by atoms with Crippen molar-refractivity contribution in [2.45, 2.75) is 64.8 Å². The second-order valence-corrected chi connectivity index (χ2v) is 10.6. The molecule has 0 aliphatic carbocycles. The number of carbonyl (C=O) groups excluding carboxylic acids is 4. The fourth-order valence-electron chi connectivity index (χ4n) is 5.01. The number of hydrogen-bond acceptors (Lipinski definition) is 8. The summed E-state index contributed by atoms with van der Waals surface area (Å²) >= 11 is 0. The number of nitrogens with zero attached hydrogens (tertiary/aromatic N) is 4. The molecule has 1 fully saturated rings. The Morgan fingerprint density at radius 1 is 1.00 bits per heavy atom. The van der Waals surface area contributed by atoms with Gasteiger partial charge >= 0.3 is 18.0 Å². The molecule has 2 aromatic rings. The summed E-state index contributed by atoms with van der Waals surface area (Å²) in [6, 6.07) is 10.6. The molecule has 0 radical (unpaired) electrons. The topological polar surface area (TPSA) is 201 Å². The van der Waals surface area contributed by atoms with Gasteiger partial charge in [-0.3, -0.25) is 24.1 Å². The number of urea groups is 1. The molecule has 14 nitrogen and oxygen atoms in total. The van der Waals surface area contributed by atoms with Crippen molar-refractivity contribution in [1.29, 1.82) is 5.53 Å². The third-order valence-electron chi connectivity index (χ3n) is 7.17. The Morgan fingerprint density at radius 3 is 2.09 bits per heavy atom. The third kappa shape index (κ3) is 6.68. The number of imide groups is 1. The Kier molecular flexibility index (Phi) is 9.96. The lowest BCUT2D eigenvalue weighted by Gasteiger charge is -2.38. The predicted octanol–water partition coefficient (Wildman–Crippen LogP) is 2.73. The fourth-order valence-corrected chi connectivity index (χ4v) is 5.01. The number of hydrogen-bond donors (Lipinski definition) is 4. The molecule has 0 saturated carbocycles. The van der Waals surface area contributed by atoms with Gasteiger partial charge in [-0.25, -0.2) is 20.1 Å². The van der Waals surface area contributed by atoms with Crippen molar-refractivity contribution >= 4 is 35.7 Å². The highest BCUT2D eigenvalue weighted by atomic mass is 16.4. The number of carboxylic acids is 2. The van der Waals surface area contributed by atoms with Crippen LogP contribution in [0.5, 0.6) is 0 Å². The molecule has 1 aliphatic heterocycles.